The number of hydrogen-bond acceptors (Lipinski definition) is 6. The Labute approximate surface area is 195 Å². The molecule has 172 valence electrons. The first-order chi connectivity index (χ1) is 16.0. The summed E-state index contributed by atoms with van der Waals surface area (Å²) in [6.07, 6.45) is 6.77. The average molecular weight is 446 g/mol. The molecule has 1 fully saturated rings. The summed E-state index contributed by atoms with van der Waals surface area (Å²) >= 11 is 0. The van der Waals surface area contributed by atoms with Gasteiger partial charge in [-0.15, -0.1) is 0 Å². The number of amides is 1. The molecule has 0 N–H and O–H groups in total. The van der Waals surface area contributed by atoms with Crippen LogP contribution in [0, 0.1) is 6.92 Å². The number of ether oxygens (including phenoxy) is 1. The Morgan fingerprint density at radius 1 is 1.15 bits per heavy atom. The van der Waals surface area contributed by atoms with E-state index in [0.29, 0.717) is 12.2 Å². The van der Waals surface area contributed by atoms with Gasteiger partial charge in [-0.3, -0.25) is 14.7 Å². The van der Waals surface area contributed by atoms with Gasteiger partial charge in [-0.2, -0.15) is 0 Å². The topological polar surface area (TPSA) is 71.5 Å². The molecular weight excluding hydrogens is 414 g/mol. The van der Waals surface area contributed by atoms with E-state index in [0.717, 1.165) is 55.3 Å². The van der Waals surface area contributed by atoms with Gasteiger partial charge in [-0.05, 0) is 56.1 Å². The Bertz CT molecular complexity index is 1090. The molecule has 3 aromatic rings. The van der Waals surface area contributed by atoms with Crippen LogP contribution in [0.2, 0.25) is 0 Å². The molecule has 1 aromatic carbocycles. The predicted octanol–water partition coefficient (Wildman–Crippen LogP) is 4.19. The van der Waals surface area contributed by atoms with Crippen molar-refractivity contribution in [3.8, 4) is 5.75 Å². The lowest BCUT2D eigenvalue weighted by Crippen LogP contribution is -2.34. The predicted molar refractivity (Wildman–Crippen MR) is 127 cm³/mol. The van der Waals surface area contributed by atoms with Crippen molar-refractivity contribution in [3.05, 3.63) is 83.2 Å². The molecule has 0 bridgehead atoms. The molecular formula is C26H31N5O2. The van der Waals surface area contributed by atoms with E-state index in [-0.39, 0.29) is 11.9 Å². The summed E-state index contributed by atoms with van der Waals surface area (Å²) in [5.41, 5.74) is 3.39. The number of carbonyl (C=O) groups excluding carboxylic acids is 1. The number of piperidine rings is 1. The summed E-state index contributed by atoms with van der Waals surface area (Å²) in [6, 6.07) is 14.2. The smallest absolute Gasteiger partial charge is 0.256 e. The minimum Gasteiger partial charge on any atom is -0.487 e. The summed E-state index contributed by atoms with van der Waals surface area (Å²) in [6.45, 7) is 4.12. The summed E-state index contributed by atoms with van der Waals surface area (Å²) in [7, 11) is 3.49. The highest BCUT2D eigenvalue weighted by molar-refractivity contribution is 5.94. The van der Waals surface area contributed by atoms with Crippen LogP contribution in [-0.2, 0) is 13.2 Å². The van der Waals surface area contributed by atoms with Crippen LogP contribution in [0.4, 0.5) is 0 Å². The molecule has 1 aliphatic rings. The first-order valence-electron chi connectivity index (χ1n) is 11.4. The van der Waals surface area contributed by atoms with Crippen molar-refractivity contribution < 1.29 is 9.53 Å². The number of aryl methyl sites for hydroxylation is 1. The number of rotatable bonds is 7. The quantitative estimate of drug-likeness (QED) is 0.543. The summed E-state index contributed by atoms with van der Waals surface area (Å²) in [4.78, 5) is 30.0. The number of carbonyl (C=O) groups is 1. The van der Waals surface area contributed by atoms with Gasteiger partial charge < -0.3 is 9.64 Å². The number of aromatic nitrogens is 3. The maximum Gasteiger partial charge on any atom is 0.256 e. The number of hydrogen-bond donors (Lipinski definition) is 0. The highest BCUT2D eigenvalue weighted by atomic mass is 16.5. The van der Waals surface area contributed by atoms with Gasteiger partial charge >= 0.3 is 0 Å². The molecule has 7 nitrogen and oxygen atoms in total. The Hall–Kier alpha value is -3.32. The molecule has 4 rings (SSSR count). The Balaban J connectivity index is 1.47. The van der Waals surface area contributed by atoms with E-state index in [2.05, 4.69) is 27.0 Å². The maximum absolute atomic E-state index is 12.4. The van der Waals surface area contributed by atoms with Gasteiger partial charge in [0.1, 0.15) is 18.2 Å². The third-order valence-electron chi connectivity index (χ3n) is 5.94. The van der Waals surface area contributed by atoms with Crippen LogP contribution in [0.5, 0.6) is 5.75 Å². The monoisotopic (exact) mass is 445 g/mol. The van der Waals surface area contributed by atoms with E-state index in [1.165, 1.54) is 5.56 Å². The SMILES string of the molecule is Cc1nc([C@H]2CCCCN2Cc2cccc(OCc3ccccn3)c2)ncc1C(=O)N(C)C. The third-order valence-corrected chi connectivity index (χ3v) is 5.94. The van der Waals surface area contributed by atoms with Gasteiger partial charge in [-0.25, -0.2) is 9.97 Å². The zero-order valence-corrected chi connectivity index (χ0v) is 19.6. The number of likely N-dealkylation sites (tertiary alicyclic amines) is 1. The zero-order chi connectivity index (χ0) is 23.2. The van der Waals surface area contributed by atoms with Crippen LogP contribution in [0.1, 0.15) is 58.4 Å². The van der Waals surface area contributed by atoms with Crippen molar-refractivity contribution in [1.82, 2.24) is 24.8 Å². The molecule has 1 amide bonds. The molecule has 0 spiro atoms. The van der Waals surface area contributed by atoms with E-state index in [9.17, 15) is 4.79 Å². The standard InChI is InChI=1S/C26H31N5O2/c1-19-23(26(32)30(2)3)16-28-25(29-19)24-12-5-7-14-31(24)17-20-9-8-11-22(15-20)33-18-21-10-4-6-13-27-21/h4,6,8-11,13,15-16,24H,5,7,12,14,17-18H2,1-3H3/t24-/m1/s1. The van der Waals surface area contributed by atoms with Gasteiger partial charge in [0.25, 0.3) is 5.91 Å². The molecule has 0 aliphatic carbocycles. The fraction of sp³-hybridized carbons (Fsp3) is 0.385. The third kappa shape index (κ3) is 5.73. The van der Waals surface area contributed by atoms with Crippen molar-refractivity contribution >= 4 is 5.91 Å². The van der Waals surface area contributed by atoms with Gasteiger partial charge in [-0.1, -0.05) is 24.6 Å². The Kier molecular flexibility index (Phi) is 7.29. The lowest BCUT2D eigenvalue weighted by atomic mass is 10.00. The first-order valence-corrected chi connectivity index (χ1v) is 11.4. The van der Waals surface area contributed by atoms with E-state index < -0.39 is 0 Å². The minimum absolute atomic E-state index is 0.0675. The highest BCUT2D eigenvalue weighted by Gasteiger charge is 2.27. The van der Waals surface area contributed by atoms with E-state index in [1.807, 2.05) is 37.3 Å². The molecule has 33 heavy (non-hydrogen) atoms. The van der Waals surface area contributed by atoms with Gasteiger partial charge in [0.15, 0.2) is 0 Å². The fourth-order valence-corrected chi connectivity index (χ4v) is 4.18. The van der Waals surface area contributed by atoms with Gasteiger partial charge in [0, 0.05) is 33.0 Å². The molecule has 1 saturated heterocycles. The lowest BCUT2D eigenvalue weighted by Gasteiger charge is -2.35. The largest absolute Gasteiger partial charge is 0.487 e. The van der Waals surface area contributed by atoms with Crippen molar-refractivity contribution in [2.75, 3.05) is 20.6 Å². The fourth-order valence-electron chi connectivity index (χ4n) is 4.18. The van der Waals surface area contributed by atoms with Crippen LogP contribution in [0.3, 0.4) is 0 Å². The zero-order valence-electron chi connectivity index (χ0n) is 19.6. The molecule has 1 atom stereocenters. The van der Waals surface area contributed by atoms with Crippen LogP contribution in [0.25, 0.3) is 0 Å². The molecule has 0 radical (unpaired) electrons. The molecule has 7 heteroatoms. The van der Waals surface area contributed by atoms with E-state index in [4.69, 9.17) is 9.72 Å². The van der Waals surface area contributed by atoms with Crippen molar-refractivity contribution in [2.45, 2.75) is 45.4 Å². The summed E-state index contributed by atoms with van der Waals surface area (Å²) in [5, 5.41) is 0. The van der Waals surface area contributed by atoms with E-state index >= 15 is 0 Å². The summed E-state index contributed by atoms with van der Waals surface area (Å²) in [5.74, 6) is 1.57. The molecule has 2 aromatic heterocycles. The average Bonchev–Trinajstić information content (AvgIpc) is 2.83. The second-order valence-corrected chi connectivity index (χ2v) is 8.67. The minimum atomic E-state index is -0.0675. The molecule has 0 saturated carbocycles. The van der Waals surface area contributed by atoms with Crippen molar-refractivity contribution in [2.24, 2.45) is 0 Å². The highest BCUT2D eigenvalue weighted by Crippen LogP contribution is 2.31. The lowest BCUT2D eigenvalue weighted by molar-refractivity contribution is 0.0825. The molecule has 0 unspecified atom stereocenters. The number of benzene rings is 1. The van der Waals surface area contributed by atoms with Crippen molar-refractivity contribution in [1.29, 1.82) is 0 Å². The second kappa shape index (κ2) is 10.5. The van der Waals surface area contributed by atoms with Crippen LogP contribution >= 0.6 is 0 Å². The maximum atomic E-state index is 12.4. The van der Waals surface area contributed by atoms with Gasteiger partial charge in [0.05, 0.1) is 23.0 Å². The van der Waals surface area contributed by atoms with Crippen LogP contribution in [-0.4, -0.2) is 51.3 Å². The first kappa shape index (κ1) is 22.9. The summed E-state index contributed by atoms with van der Waals surface area (Å²) < 4.78 is 5.96. The normalized spacial score (nSPS) is 16.4. The van der Waals surface area contributed by atoms with Crippen LogP contribution < -0.4 is 4.74 Å². The Morgan fingerprint density at radius 2 is 2.03 bits per heavy atom. The number of nitrogens with zero attached hydrogens (tertiary/aromatic N) is 5. The van der Waals surface area contributed by atoms with Gasteiger partial charge in [0.2, 0.25) is 0 Å². The molecule has 3 heterocycles. The molecule has 1 aliphatic heterocycles. The Morgan fingerprint density at radius 3 is 2.79 bits per heavy atom. The number of pyridine rings is 1. The van der Waals surface area contributed by atoms with Crippen molar-refractivity contribution in [3.63, 3.8) is 0 Å². The second-order valence-electron chi connectivity index (χ2n) is 8.67. The van der Waals surface area contributed by atoms with E-state index in [1.54, 1.807) is 31.4 Å². The van der Waals surface area contributed by atoms with Crippen LogP contribution in [0.15, 0.2) is 54.9 Å².